The SMILES string of the molecule is CN(C)CCc1ccc2c(c1)C(=O)c1ccccc1CO2. The predicted octanol–water partition coefficient (Wildman–Crippen LogP) is 2.91. The highest BCUT2D eigenvalue weighted by Gasteiger charge is 2.22. The molecule has 3 heteroatoms. The van der Waals surface area contributed by atoms with E-state index < -0.39 is 0 Å². The van der Waals surface area contributed by atoms with Crippen molar-refractivity contribution in [2.45, 2.75) is 13.0 Å². The number of carbonyl (C=O) groups excluding carboxylic acids is 1. The summed E-state index contributed by atoms with van der Waals surface area (Å²) in [5.41, 5.74) is 3.55. The van der Waals surface area contributed by atoms with Crippen LogP contribution in [0.15, 0.2) is 42.5 Å². The summed E-state index contributed by atoms with van der Waals surface area (Å²) in [7, 11) is 4.10. The van der Waals surface area contributed by atoms with Gasteiger partial charge in [0, 0.05) is 17.7 Å². The average molecular weight is 281 g/mol. The van der Waals surface area contributed by atoms with Crippen molar-refractivity contribution in [3.8, 4) is 5.75 Å². The minimum atomic E-state index is 0.0600. The van der Waals surface area contributed by atoms with E-state index in [9.17, 15) is 4.79 Å². The van der Waals surface area contributed by atoms with Crippen molar-refractivity contribution >= 4 is 5.78 Å². The second kappa shape index (κ2) is 5.70. The summed E-state index contributed by atoms with van der Waals surface area (Å²) in [5, 5.41) is 0. The lowest BCUT2D eigenvalue weighted by Gasteiger charge is -2.11. The number of nitrogens with zero attached hydrogens (tertiary/aromatic N) is 1. The van der Waals surface area contributed by atoms with Crippen molar-refractivity contribution in [2.75, 3.05) is 20.6 Å². The van der Waals surface area contributed by atoms with Crippen LogP contribution in [0.4, 0.5) is 0 Å². The maximum absolute atomic E-state index is 12.7. The Morgan fingerprint density at radius 1 is 1.10 bits per heavy atom. The Hall–Kier alpha value is -2.13. The van der Waals surface area contributed by atoms with Gasteiger partial charge in [0.15, 0.2) is 5.78 Å². The van der Waals surface area contributed by atoms with Crippen LogP contribution in [0, 0.1) is 0 Å². The lowest BCUT2D eigenvalue weighted by molar-refractivity contribution is 0.103. The highest BCUT2D eigenvalue weighted by molar-refractivity contribution is 6.12. The molecular weight excluding hydrogens is 262 g/mol. The van der Waals surface area contributed by atoms with Crippen LogP contribution in [0.1, 0.15) is 27.0 Å². The minimum Gasteiger partial charge on any atom is -0.488 e. The summed E-state index contributed by atoms with van der Waals surface area (Å²) in [6.45, 7) is 1.41. The molecule has 0 atom stereocenters. The molecule has 1 aliphatic rings. The minimum absolute atomic E-state index is 0.0600. The number of carbonyl (C=O) groups is 1. The number of hydrogen-bond donors (Lipinski definition) is 0. The van der Waals surface area contributed by atoms with Crippen molar-refractivity contribution in [1.29, 1.82) is 0 Å². The van der Waals surface area contributed by atoms with Crippen LogP contribution >= 0.6 is 0 Å². The van der Waals surface area contributed by atoms with E-state index in [1.54, 1.807) is 0 Å². The molecule has 3 nitrogen and oxygen atoms in total. The van der Waals surface area contributed by atoms with Crippen molar-refractivity contribution in [1.82, 2.24) is 4.90 Å². The topological polar surface area (TPSA) is 29.5 Å². The largest absolute Gasteiger partial charge is 0.488 e. The lowest BCUT2D eigenvalue weighted by Crippen LogP contribution is -2.15. The van der Waals surface area contributed by atoms with Gasteiger partial charge in [-0.3, -0.25) is 4.79 Å². The normalized spacial score (nSPS) is 13.4. The average Bonchev–Trinajstić information content (AvgIpc) is 2.63. The first-order chi connectivity index (χ1) is 10.1. The van der Waals surface area contributed by atoms with Crippen LogP contribution < -0.4 is 4.74 Å². The monoisotopic (exact) mass is 281 g/mol. The molecule has 0 saturated carbocycles. The Kier molecular flexibility index (Phi) is 3.76. The highest BCUT2D eigenvalue weighted by atomic mass is 16.5. The van der Waals surface area contributed by atoms with Crippen LogP contribution in [-0.2, 0) is 13.0 Å². The Bertz CT molecular complexity index is 677. The van der Waals surface area contributed by atoms with Gasteiger partial charge in [0.1, 0.15) is 12.4 Å². The highest BCUT2D eigenvalue weighted by Crippen LogP contribution is 2.29. The van der Waals surface area contributed by atoms with E-state index in [-0.39, 0.29) is 5.78 Å². The molecular formula is C18H19NO2. The molecule has 0 aromatic heterocycles. The lowest BCUT2D eigenvalue weighted by atomic mass is 9.97. The quantitative estimate of drug-likeness (QED) is 0.866. The van der Waals surface area contributed by atoms with Gasteiger partial charge in [0.05, 0.1) is 5.56 Å². The molecule has 0 saturated heterocycles. The Morgan fingerprint density at radius 2 is 1.90 bits per heavy atom. The molecule has 0 amide bonds. The van der Waals surface area contributed by atoms with E-state index in [0.29, 0.717) is 17.9 Å². The summed E-state index contributed by atoms with van der Waals surface area (Å²) < 4.78 is 5.79. The van der Waals surface area contributed by atoms with Crippen LogP contribution in [0.25, 0.3) is 0 Å². The standard InChI is InChI=1S/C18H19NO2/c1-19(2)10-9-13-7-8-17-16(11-13)18(20)15-6-4-3-5-14(15)12-21-17/h3-8,11H,9-10,12H2,1-2H3. The molecule has 0 spiro atoms. The van der Waals surface area contributed by atoms with Gasteiger partial charge in [-0.15, -0.1) is 0 Å². The number of likely N-dealkylation sites (N-methyl/N-ethyl adjacent to an activating group) is 1. The molecule has 0 unspecified atom stereocenters. The summed E-state index contributed by atoms with van der Waals surface area (Å²) in [5.74, 6) is 0.745. The maximum Gasteiger partial charge on any atom is 0.197 e. The fourth-order valence-corrected chi connectivity index (χ4v) is 2.56. The Morgan fingerprint density at radius 3 is 2.71 bits per heavy atom. The number of ether oxygens (including phenoxy) is 1. The molecule has 0 radical (unpaired) electrons. The zero-order valence-corrected chi connectivity index (χ0v) is 12.4. The number of ketones is 1. The van der Waals surface area contributed by atoms with Gasteiger partial charge in [-0.05, 0) is 38.2 Å². The van der Waals surface area contributed by atoms with Crippen molar-refractivity contribution < 1.29 is 9.53 Å². The molecule has 21 heavy (non-hydrogen) atoms. The molecule has 0 bridgehead atoms. The molecule has 108 valence electrons. The molecule has 0 aliphatic carbocycles. The molecule has 1 heterocycles. The Labute approximate surface area is 125 Å². The fraction of sp³-hybridized carbons (Fsp3) is 0.278. The van der Waals surface area contributed by atoms with E-state index >= 15 is 0 Å². The van der Waals surface area contributed by atoms with E-state index in [1.165, 1.54) is 5.56 Å². The first-order valence-corrected chi connectivity index (χ1v) is 7.18. The van der Waals surface area contributed by atoms with E-state index in [0.717, 1.165) is 24.1 Å². The summed E-state index contributed by atoms with van der Waals surface area (Å²) >= 11 is 0. The maximum atomic E-state index is 12.7. The smallest absolute Gasteiger partial charge is 0.197 e. The van der Waals surface area contributed by atoms with Crippen LogP contribution in [-0.4, -0.2) is 31.3 Å². The summed E-state index contributed by atoms with van der Waals surface area (Å²) in [4.78, 5) is 14.9. The third-order valence-corrected chi connectivity index (χ3v) is 3.78. The number of hydrogen-bond acceptors (Lipinski definition) is 3. The van der Waals surface area contributed by atoms with Gasteiger partial charge in [0.25, 0.3) is 0 Å². The van der Waals surface area contributed by atoms with E-state index in [4.69, 9.17) is 4.74 Å². The summed E-state index contributed by atoms with van der Waals surface area (Å²) in [6, 6.07) is 13.6. The predicted molar refractivity (Wildman–Crippen MR) is 82.9 cm³/mol. The van der Waals surface area contributed by atoms with E-state index in [2.05, 4.69) is 4.90 Å². The van der Waals surface area contributed by atoms with Gasteiger partial charge in [-0.2, -0.15) is 0 Å². The first kappa shape index (κ1) is 13.8. The van der Waals surface area contributed by atoms with Crippen LogP contribution in [0.3, 0.4) is 0 Å². The van der Waals surface area contributed by atoms with Crippen molar-refractivity contribution in [3.05, 3.63) is 64.7 Å². The first-order valence-electron chi connectivity index (χ1n) is 7.18. The second-order valence-corrected chi connectivity index (χ2v) is 5.66. The fourth-order valence-electron chi connectivity index (χ4n) is 2.56. The third-order valence-electron chi connectivity index (χ3n) is 3.78. The van der Waals surface area contributed by atoms with Gasteiger partial charge in [-0.1, -0.05) is 30.3 Å². The van der Waals surface area contributed by atoms with Gasteiger partial charge in [-0.25, -0.2) is 0 Å². The van der Waals surface area contributed by atoms with Crippen molar-refractivity contribution in [3.63, 3.8) is 0 Å². The third kappa shape index (κ3) is 2.83. The number of fused-ring (bicyclic) bond motifs is 2. The molecule has 0 N–H and O–H groups in total. The molecule has 2 aromatic rings. The zero-order valence-electron chi connectivity index (χ0n) is 12.4. The Balaban J connectivity index is 1.97. The van der Waals surface area contributed by atoms with Gasteiger partial charge in [0.2, 0.25) is 0 Å². The second-order valence-electron chi connectivity index (χ2n) is 5.66. The molecule has 1 aliphatic heterocycles. The van der Waals surface area contributed by atoms with Crippen molar-refractivity contribution in [2.24, 2.45) is 0 Å². The number of benzene rings is 2. The molecule has 2 aromatic carbocycles. The van der Waals surface area contributed by atoms with Gasteiger partial charge >= 0.3 is 0 Å². The molecule has 3 rings (SSSR count). The van der Waals surface area contributed by atoms with E-state index in [1.807, 2.05) is 56.6 Å². The van der Waals surface area contributed by atoms with Crippen LogP contribution in [0.2, 0.25) is 0 Å². The summed E-state index contributed by atoms with van der Waals surface area (Å²) in [6.07, 6.45) is 0.926. The zero-order chi connectivity index (χ0) is 14.8. The number of rotatable bonds is 3. The molecule has 0 fully saturated rings. The van der Waals surface area contributed by atoms with Gasteiger partial charge < -0.3 is 9.64 Å². The van der Waals surface area contributed by atoms with Crippen LogP contribution in [0.5, 0.6) is 5.75 Å².